The monoisotopic (exact) mass is 431 g/mol. The Morgan fingerprint density at radius 3 is 2.58 bits per heavy atom. The van der Waals surface area contributed by atoms with Gasteiger partial charge in [-0.15, -0.1) is 0 Å². The molecule has 1 unspecified atom stereocenters. The fourth-order valence-corrected chi connectivity index (χ4v) is 4.83. The number of aliphatic hydroxyl groups excluding tert-OH is 1. The maximum atomic E-state index is 13.6. The van der Waals surface area contributed by atoms with Crippen molar-refractivity contribution in [3.63, 3.8) is 0 Å². The number of allylic oxidation sites excluding steroid dienone is 4. The van der Waals surface area contributed by atoms with Crippen LogP contribution in [0.5, 0.6) is 0 Å². The molecule has 0 saturated heterocycles. The van der Waals surface area contributed by atoms with Crippen LogP contribution in [-0.2, 0) is 11.0 Å². The number of benzene rings is 1. The molecule has 2 N–H and O–H groups in total. The van der Waals surface area contributed by atoms with Gasteiger partial charge < -0.3 is 10.4 Å². The summed E-state index contributed by atoms with van der Waals surface area (Å²) in [6.45, 7) is 9.50. The van der Waals surface area contributed by atoms with E-state index < -0.39 is 18.1 Å². The van der Waals surface area contributed by atoms with E-state index in [1.807, 2.05) is 0 Å². The van der Waals surface area contributed by atoms with Crippen LogP contribution < -0.4 is 5.32 Å². The lowest BCUT2D eigenvalue weighted by atomic mass is 9.72. The maximum Gasteiger partial charge on any atom is 0.125 e. The smallest absolute Gasteiger partial charge is 0.125 e. The molecule has 1 saturated carbocycles. The molecule has 0 heterocycles. The quantitative estimate of drug-likeness (QED) is 0.507. The Morgan fingerprint density at radius 1 is 1.23 bits per heavy atom. The molecule has 1 aromatic rings. The second-order valence-electron chi connectivity index (χ2n) is 10.7. The Bertz CT molecular complexity index is 800. The highest BCUT2D eigenvalue weighted by molar-refractivity contribution is 5.34. The van der Waals surface area contributed by atoms with Gasteiger partial charge in [0.1, 0.15) is 12.0 Å². The van der Waals surface area contributed by atoms with Crippen LogP contribution in [0.1, 0.15) is 83.8 Å². The van der Waals surface area contributed by atoms with Gasteiger partial charge in [-0.1, -0.05) is 57.5 Å². The Balaban J connectivity index is 1.67. The van der Waals surface area contributed by atoms with Crippen molar-refractivity contribution in [3.05, 3.63) is 58.9 Å². The predicted octanol–water partition coefficient (Wildman–Crippen LogP) is 6.64. The minimum absolute atomic E-state index is 0.0877. The Labute approximate surface area is 186 Å². The van der Waals surface area contributed by atoms with Crippen molar-refractivity contribution >= 4 is 0 Å². The van der Waals surface area contributed by atoms with Crippen LogP contribution in [0.15, 0.2) is 47.8 Å². The van der Waals surface area contributed by atoms with Crippen LogP contribution in [0.3, 0.4) is 0 Å². The van der Waals surface area contributed by atoms with Crippen molar-refractivity contribution in [3.8, 4) is 0 Å². The van der Waals surface area contributed by atoms with Gasteiger partial charge in [0.15, 0.2) is 0 Å². The number of hydrogen-bond donors (Lipinski definition) is 2. The SMILES string of the molecule is CC1CCC(NC[C@@H](O)CCC2=CC(F)=CC(F)C2)(c2cccc(C(C)(C)C)c2)CC1. The van der Waals surface area contributed by atoms with Crippen LogP contribution in [0.4, 0.5) is 8.78 Å². The van der Waals surface area contributed by atoms with Crippen molar-refractivity contribution < 1.29 is 13.9 Å². The molecule has 2 aliphatic rings. The topological polar surface area (TPSA) is 32.3 Å². The molecule has 0 aliphatic heterocycles. The zero-order chi connectivity index (χ0) is 22.6. The van der Waals surface area contributed by atoms with Crippen molar-refractivity contribution in [2.75, 3.05) is 6.54 Å². The third kappa shape index (κ3) is 6.49. The highest BCUT2D eigenvalue weighted by Gasteiger charge is 2.36. The molecule has 2 aliphatic carbocycles. The number of halogens is 2. The molecule has 2 nitrogen and oxygen atoms in total. The molecule has 0 radical (unpaired) electrons. The van der Waals surface area contributed by atoms with E-state index in [0.29, 0.717) is 19.4 Å². The number of alkyl halides is 1. The lowest BCUT2D eigenvalue weighted by Gasteiger charge is -2.42. The fourth-order valence-electron chi connectivity index (χ4n) is 4.83. The van der Waals surface area contributed by atoms with E-state index in [0.717, 1.165) is 30.4 Å². The third-order valence-electron chi connectivity index (χ3n) is 7.02. The first-order valence-electron chi connectivity index (χ1n) is 11.8. The normalized spacial score (nSPS) is 28.1. The van der Waals surface area contributed by atoms with Crippen molar-refractivity contribution in [2.45, 2.75) is 95.9 Å². The summed E-state index contributed by atoms with van der Waals surface area (Å²) in [4.78, 5) is 0. The van der Waals surface area contributed by atoms with Crippen LogP contribution in [-0.4, -0.2) is 23.9 Å². The van der Waals surface area contributed by atoms with E-state index in [1.165, 1.54) is 30.0 Å². The van der Waals surface area contributed by atoms with Gasteiger partial charge in [-0.05, 0) is 73.1 Å². The van der Waals surface area contributed by atoms with E-state index in [1.54, 1.807) is 0 Å². The molecule has 4 heteroatoms. The Hall–Kier alpha value is -1.52. The predicted molar refractivity (Wildman–Crippen MR) is 124 cm³/mol. The first kappa shape index (κ1) is 24.1. The molecule has 0 aromatic heterocycles. The zero-order valence-corrected chi connectivity index (χ0v) is 19.6. The van der Waals surface area contributed by atoms with E-state index in [9.17, 15) is 13.9 Å². The molecule has 3 rings (SSSR count). The van der Waals surface area contributed by atoms with Gasteiger partial charge in [0.05, 0.1) is 6.10 Å². The highest BCUT2D eigenvalue weighted by atomic mass is 19.1. The van der Waals surface area contributed by atoms with Crippen LogP contribution >= 0.6 is 0 Å². The fraction of sp³-hybridized carbons (Fsp3) is 0.630. The minimum Gasteiger partial charge on any atom is -0.392 e. The zero-order valence-electron chi connectivity index (χ0n) is 19.6. The summed E-state index contributed by atoms with van der Waals surface area (Å²) in [7, 11) is 0. The average Bonchev–Trinajstić information content (AvgIpc) is 2.71. The summed E-state index contributed by atoms with van der Waals surface area (Å²) in [5.74, 6) is 0.218. The lowest BCUT2D eigenvalue weighted by Crippen LogP contribution is -2.48. The number of rotatable bonds is 7. The summed E-state index contributed by atoms with van der Waals surface area (Å²) in [6, 6.07) is 8.90. The van der Waals surface area contributed by atoms with Gasteiger partial charge in [-0.2, -0.15) is 0 Å². The second kappa shape index (κ2) is 9.95. The average molecular weight is 432 g/mol. The summed E-state index contributed by atoms with van der Waals surface area (Å²) in [6.07, 6.45) is 6.33. The number of aliphatic hydroxyl groups is 1. The standard InChI is InChI=1S/C27H39F2NO/c1-19-10-12-27(13-11-19,22-7-5-6-21(16-22)26(2,3)4)30-18-25(31)9-8-20-14-23(28)17-24(29)15-20/h5-7,14,16-17,19,24-25,30-31H,8-13,15,18H2,1-4H3/t19?,24?,25-,27?/m0/s1. The summed E-state index contributed by atoms with van der Waals surface area (Å²) < 4.78 is 27.0. The van der Waals surface area contributed by atoms with Gasteiger partial charge >= 0.3 is 0 Å². The van der Waals surface area contributed by atoms with Gasteiger partial charge in [0, 0.05) is 18.5 Å². The molecule has 0 bridgehead atoms. The van der Waals surface area contributed by atoms with Gasteiger partial charge in [0.25, 0.3) is 0 Å². The Kier molecular flexibility index (Phi) is 7.75. The van der Waals surface area contributed by atoms with E-state index >= 15 is 0 Å². The summed E-state index contributed by atoms with van der Waals surface area (Å²) in [5.41, 5.74) is 3.33. The minimum atomic E-state index is -1.25. The molecule has 0 spiro atoms. The van der Waals surface area contributed by atoms with Crippen LogP contribution in [0.2, 0.25) is 0 Å². The van der Waals surface area contributed by atoms with Gasteiger partial charge in [-0.25, -0.2) is 8.78 Å². The van der Waals surface area contributed by atoms with E-state index in [-0.39, 0.29) is 17.4 Å². The number of hydrogen-bond acceptors (Lipinski definition) is 2. The molecular weight excluding hydrogens is 392 g/mol. The summed E-state index contributed by atoms with van der Waals surface area (Å²) >= 11 is 0. The van der Waals surface area contributed by atoms with Gasteiger partial charge in [-0.3, -0.25) is 0 Å². The third-order valence-corrected chi connectivity index (χ3v) is 7.02. The molecule has 172 valence electrons. The number of nitrogens with one attached hydrogen (secondary N) is 1. The lowest BCUT2D eigenvalue weighted by molar-refractivity contribution is 0.124. The molecule has 1 aromatic carbocycles. The van der Waals surface area contributed by atoms with Crippen molar-refractivity contribution in [1.29, 1.82) is 0 Å². The van der Waals surface area contributed by atoms with E-state index in [2.05, 4.69) is 57.3 Å². The second-order valence-corrected chi connectivity index (χ2v) is 10.7. The van der Waals surface area contributed by atoms with Crippen LogP contribution in [0.25, 0.3) is 0 Å². The highest BCUT2D eigenvalue weighted by Crippen LogP contribution is 2.40. The van der Waals surface area contributed by atoms with Crippen LogP contribution in [0, 0.1) is 5.92 Å². The maximum absolute atomic E-state index is 13.6. The molecular formula is C27H39F2NO. The molecule has 2 atom stereocenters. The molecule has 31 heavy (non-hydrogen) atoms. The summed E-state index contributed by atoms with van der Waals surface area (Å²) in [5, 5.41) is 14.4. The largest absolute Gasteiger partial charge is 0.392 e. The first-order valence-corrected chi connectivity index (χ1v) is 11.8. The molecule has 0 amide bonds. The Morgan fingerprint density at radius 2 is 1.94 bits per heavy atom. The first-order chi connectivity index (χ1) is 14.6. The van der Waals surface area contributed by atoms with Crippen molar-refractivity contribution in [1.82, 2.24) is 5.32 Å². The van der Waals surface area contributed by atoms with E-state index in [4.69, 9.17) is 0 Å². The molecule has 1 fully saturated rings. The van der Waals surface area contributed by atoms with Crippen molar-refractivity contribution in [2.24, 2.45) is 5.92 Å². The van der Waals surface area contributed by atoms with Gasteiger partial charge in [0.2, 0.25) is 0 Å².